The summed E-state index contributed by atoms with van der Waals surface area (Å²) < 4.78 is 6.56. The van der Waals surface area contributed by atoms with Gasteiger partial charge in [0, 0.05) is 16.7 Å². The number of benzene rings is 2. The van der Waals surface area contributed by atoms with Gasteiger partial charge in [-0.25, -0.2) is 0 Å². The molecule has 1 aromatic heterocycles. The van der Waals surface area contributed by atoms with E-state index in [-0.39, 0.29) is 5.91 Å². The fraction of sp³-hybridized carbons (Fsp3) is 0.0909. The lowest BCUT2D eigenvalue weighted by atomic mass is 10.2. The smallest absolute Gasteiger partial charge is 0.248 e. The number of anilines is 1. The molecule has 1 heterocycles. The molecule has 0 aliphatic carbocycles. The van der Waals surface area contributed by atoms with Gasteiger partial charge >= 0.3 is 0 Å². The van der Waals surface area contributed by atoms with Crippen molar-refractivity contribution in [2.75, 3.05) is 5.32 Å². The fourth-order valence-electron chi connectivity index (χ4n) is 2.38. The highest BCUT2D eigenvalue weighted by atomic mass is 79.9. The third-order valence-corrected chi connectivity index (χ3v) is 4.46. The maximum Gasteiger partial charge on any atom is 0.248 e. The molecule has 0 atom stereocenters. The summed E-state index contributed by atoms with van der Waals surface area (Å²) in [5.41, 5.74) is 3.66. The molecule has 5 heteroatoms. The number of nitrogens with one attached hydrogen (secondary N) is 1. The highest BCUT2D eigenvalue weighted by molar-refractivity contribution is 9.10. The molecule has 4 nitrogen and oxygen atoms in total. The van der Waals surface area contributed by atoms with Gasteiger partial charge in [-0.3, -0.25) is 9.78 Å². The van der Waals surface area contributed by atoms with Crippen molar-refractivity contribution in [3.8, 4) is 5.75 Å². The second-order valence-electron chi connectivity index (χ2n) is 5.98. The normalized spacial score (nSPS) is 10.7. The van der Waals surface area contributed by atoms with Crippen LogP contribution >= 0.6 is 15.9 Å². The van der Waals surface area contributed by atoms with E-state index in [9.17, 15) is 4.79 Å². The maximum absolute atomic E-state index is 12.1. The molecule has 27 heavy (non-hydrogen) atoms. The van der Waals surface area contributed by atoms with Gasteiger partial charge in [-0.05, 0) is 76.5 Å². The molecule has 0 saturated carbocycles. The summed E-state index contributed by atoms with van der Waals surface area (Å²) in [4.78, 5) is 16.3. The van der Waals surface area contributed by atoms with Crippen LogP contribution in [0, 0.1) is 6.92 Å². The zero-order valence-corrected chi connectivity index (χ0v) is 16.4. The van der Waals surface area contributed by atoms with Gasteiger partial charge in [-0.2, -0.15) is 0 Å². The third kappa shape index (κ3) is 5.79. The lowest BCUT2D eigenvalue weighted by Crippen LogP contribution is -2.08. The molecule has 0 bridgehead atoms. The minimum atomic E-state index is -0.185. The van der Waals surface area contributed by atoms with Crippen molar-refractivity contribution >= 4 is 33.6 Å². The Morgan fingerprint density at radius 3 is 2.67 bits per heavy atom. The van der Waals surface area contributed by atoms with Crippen molar-refractivity contribution in [3.05, 3.63) is 94.2 Å². The Balaban J connectivity index is 1.54. The Morgan fingerprint density at radius 1 is 1.15 bits per heavy atom. The average molecular weight is 423 g/mol. The van der Waals surface area contributed by atoms with Crippen LogP contribution in [0.4, 0.5) is 5.69 Å². The SMILES string of the molecule is Cc1ccc(NC(=O)/C=C/c2ccc(OCc3ccccn3)cc2)c(Br)c1. The number of ether oxygens (including phenoxy) is 1. The van der Waals surface area contributed by atoms with E-state index in [1.165, 1.54) is 6.08 Å². The van der Waals surface area contributed by atoms with E-state index in [2.05, 4.69) is 26.2 Å². The number of rotatable bonds is 6. The van der Waals surface area contributed by atoms with Gasteiger partial charge < -0.3 is 10.1 Å². The predicted octanol–water partition coefficient (Wildman–Crippen LogP) is 5.38. The van der Waals surface area contributed by atoms with E-state index < -0.39 is 0 Å². The molecule has 2 aromatic carbocycles. The first-order chi connectivity index (χ1) is 13.1. The quantitative estimate of drug-likeness (QED) is 0.542. The molecule has 136 valence electrons. The Kier molecular flexibility index (Phi) is 6.39. The first-order valence-electron chi connectivity index (χ1n) is 8.48. The Bertz CT molecular complexity index is 938. The number of hydrogen-bond donors (Lipinski definition) is 1. The van der Waals surface area contributed by atoms with Crippen molar-refractivity contribution in [1.82, 2.24) is 4.98 Å². The van der Waals surface area contributed by atoms with Crippen molar-refractivity contribution < 1.29 is 9.53 Å². The second kappa shape index (κ2) is 9.14. The van der Waals surface area contributed by atoms with Gasteiger partial charge in [0.15, 0.2) is 0 Å². The molecule has 0 radical (unpaired) electrons. The Morgan fingerprint density at radius 2 is 1.96 bits per heavy atom. The van der Waals surface area contributed by atoms with E-state index in [1.54, 1.807) is 12.3 Å². The summed E-state index contributed by atoms with van der Waals surface area (Å²) >= 11 is 3.45. The molecule has 0 spiro atoms. The number of nitrogens with zero attached hydrogens (tertiary/aromatic N) is 1. The number of amides is 1. The molecule has 1 amide bonds. The van der Waals surface area contributed by atoms with E-state index in [0.29, 0.717) is 6.61 Å². The lowest BCUT2D eigenvalue weighted by Gasteiger charge is -2.06. The largest absolute Gasteiger partial charge is 0.487 e. The number of aryl methyl sites for hydroxylation is 1. The molecule has 0 aliphatic rings. The van der Waals surface area contributed by atoms with Gasteiger partial charge in [0.25, 0.3) is 0 Å². The monoisotopic (exact) mass is 422 g/mol. The molecule has 3 rings (SSSR count). The summed E-state index contributed by atoms with van der Waals surface area (Å²) in [6.07, 6.45) is 5.02. The molecule has 0 unspecified atom stereocenters. The minimum Gasteiger partial charge on any atom is -0.487 e. The Hall–Kier alpha value is -2.92. The third-order valence-electron chi connectivity index (χ3n) is 3.80. The number of halogens is 1. The number of aromatic nitrogens is 1. The average Bonchev–Trinajstić information content (AvgIpc) is 2.68. The Labute approximate surface area is 167 Å². The van der Waals surface area contributed by atoms with Crippen LogP contribution in [-0.2, 0) is 11.4 Å². The number of carbonyl (C=O) groups excluding carboxylic acids is 1. The highest BCUT2D eigenvalue weighted by Crippen LogP contribution is 2.23. The van der Waals surface area contributed by atoms with Crippen molar-refractivity contribution in [2.45, 2.75) is 13.5 Å². The van der Waals surface area contributed by atoms with Crippen molar-refractivity contribution in [2.24, 2.45) is 0 Å². The summed E-state index contributed by atoms with van der Waals surface area (Å²) in [7, 11) is 0. The molecule has 0 saturated heterocycles. The second-order valence-corrected chi connectivity index (χ2v) is 6.84. The van der Waals surface area contributed by atoms with Crippen LogP contribution in [0.3, 0.4) is 0 Å². The van der Waals surface area contributed by atoms with Gasteiger partial charge in [0.05, 0.1) is 11.4 Å². The molecule has 3 aromatic rings. The summed E-state index contributed by atoms with van der Waals surface area (Å²) in [5.74, 6) is 0.570. The van der Waals surface area contributed by atoms with Gasteiger partial charge in [0.2, 0.25) is 5.91 Å². The minimum absolute atomic E-state index is 0.185. The van der Waals surface area contributed by atoms with Gasteiger partial charge in [0.1, 0.15) is 12.4 Å². The van der Waals surface area contributed by atoms with Gasteiger partial charge in [-0.15, -0.1) is 0 Å². The zero-order chi connectivity index (χ0) is 19.1. The summed E-state index contributed by atoms with van der Waals surface area (Å²) in [6.45, 7) is 2.42. The molecule has 1 N–H and O–H groups in total. The first kappa shape index (κ1) is 18.9. The predicted molar refractivity (Wildman–Crippen MR) is 112 cm³/mol. The molecular formula is C22H19BrN2O2. The first-order valence-corrected chi connectivity index (χ1v) is 9.27. The van der Waals surface area contributed by atoms with Crippen molar-refractivity contribution in [1.29, 1.82) is 0 Å². The molecule has 0 aliphatic heterocycles. The lowest BCUT2D eigenvalue weighted by molar-refractivity contribution is -0.111. The highest BCUT2D eigenvalue weighted by Gasteiger charge is 2.03. The van der Waals surface area contributed by atoms with Crippen LogP contribution in [0.15, 0.2) is 77.4 Å². The number of pyridine rings is 1. The van der Waals surface area contributed by atoms with E-state index in [4.69, 9.17) is 4.74 Å². The van der Waals surface area contributed by atoms with Crippen molar-refractivity contribution in [3.63, 3.8) is 0 Å². The van der Waals surface area contributed by atoms with Crippen LogP contribution < -0.4 is 10.1 Å². The fourth-order valence-corrected chi connectivity index (χ4v) is 2.98. The maximum atomic E-state index is 12.1. The topological polar surface area (TPSA) is 51.2 Å². The van der Waals surface area contributed by atoms with E-state index >= 15 is 0 Å². The van der Waals surface area contributed by atoms with E-state index in [1.807, 2.05) is 67.6 Å². The van der Waals surface area contributed by atoms with E-state index in [0.717, 1.165) is 32.7 Å². The van der Waals surface area contributed by atoms with Crippen LogP contribution in [0.5, 0.6) is 5.75 Å². The standard InChI is InChI=1S/C22H19BrN2O2/c1-16-5-11-21(20(23)14-16)25-22(26)12-8-17-6-9-19(10-7-17)27-15-18-4-2-3-13-24-18/h2-14H,15H2,1H3,(H,25,26)/b12-8+. The molecular weight excluding hydrogens is 404 g/mol. The van der Waals surface area contributed by atoms with Crippen LogP contribution in [0.1, 0.15) is 16.8 Å². The number of carbonyl (C=O) groups is 1. The number of hydrogen-bond acceptors (Lipinski definition) is 3. The zero-order valence-electron chi connectivity index (χ0n) is 14.9. The van der Waals surface area contributed by atoms with Crippen LogP contribution in [0.2, 0.25) is 0 Å². The van der Waals surface area contributed by atoms with Gasteiger partial charge in [-0.1, -0.05) is 24.3 Å². The molecule has 0 fully saturated rings. The van der Waals surface area contributed by atoms with Crippen LogP contribution in [-0.4, -0.2) is 10.9 Å². The van der Waals surface area contributed by atoms with Crippen LogP contribution in [0.25, 0.3) is 6.08 Å². The summed E-state index contributed by atoms with van der Waals surface area (Å²) in [6, 6.07) is 19.1. The summed E-state index contributed by atoms with van der Waals surface area (Å²) in [5, 5.41) is 2.85.